The maximum absolute atomic E-state index is 12.8. The Kier molecular flexibility index (Phi) is 13.0. The van der Waals surface area contributed by atoms with Gasteiger partial charge in [-0.05, 0) is 80.1 Å². The third-order valence-electron chi connectivity index (χ3n) is 11.7. The van der Waals surface area contributed by atoms with Crippen molar-refractivity contribution < 1.29 is 18.6 Å². The Hall–Kier alpha value is -3.55. The molecular formula is C41H50Cl2N6O4S. The van der Waals surface area contributed by atoms with Gasteiger partial charge in [-0.1, -0.05) is 78.9 Å². The number of rotatable bonds is 9. The van der Waals surface area contributed by atoms with E-state index >= 15 is 0 Å². The van der Waals surface area contributed by atoms with E-state index in [1.807, 2.05) is 67.5 Å². The summed E-state index contributed by atoms with van der Waals surface area (Å²) in [6, 6.07) is 26.4. The molecular weight excluding hydrogens is 743 g/mol. The first-order chi connectivity index (χ1) is 25.4. The van der Waals surface area contributed by atoms with Gasteiger partial charge in [0, 0.05) is 24.2 Å². The number of aliphatic hydroxyl groups is 2. The molecule has 13 heteroatoms. The molecule has 0 radical (unpaired) electrons. The van der Waals surface area contributed by atoms with Crippen LogP contribution in [-0.4, -0.2) is 80.4 Å². The molecule has 5 aromatic rings. The summed E-state index contributed by atoms with van der Waals surface area (Å²) in [4.78, 5) is 8.58. The van der Waals surface area contributed by atoms with Gasteiger partial charge >= 0.3 is 0 Å². The van der Waals surface area contributed by atoms with Crippen LogP contribution in [0.1, 0.15) is 67.3 Å². The Morgan fingerprint density at radius 2 is 1.13 bits per heavy atom. The molecule has 0 saturated carbocycles. The first kappa shape index (κ1) is 40.1. The van der Waals surface area contributed by atoms with Crippen LogP contribution in [-0.2, 0) is 15.8 Å². The average molecular weight is 794 g/mol. The highest BCUT2D eigenvalue weighted by molar-refractivity contribution is 7.88. The summed E-state index contributed by atoms with van der Waals surface area (Å²) >= 11 is 0. The number of nitrogens with zero attached hydrogens (tertiary/aromatic N) is 5. The minimum atomic E-state index is -3.34. The van der Waals surface area contributed by atoms with Crippen LogP contribution in [0.15, 0.2) is 104 Å². The quantitative estimate of drug-likeness (QED) is 0.156. The molecule has 2 saturated heterocycles. The zero-order chi connectivity index (χ0) is 35.7. The van der Waals surface area contributed by atoms with Gasteiger partial charge in [0.1, 0.15) is 0 Å². The zero-order valence-electron chi connectivity index (χ0n) is 30.2. The molecule has 0 spiro atoms. The Morgan fingerprint density at radius 3 is 1.65 bits per heavy atom. The number of piperidine rings is 2. The fraction of sp³-hybridized carbons (Fsp3) is 0.415. The normalized spacial score (nSPS) is 20.6. The Morgan fingerprint density at radius 1 is 0.667 bits per heavy atom. The maximum Gasteiger partial charge on any atom is 0.218 e. The number of hydrogen-bond acceptors (Lipinski definition) is 7. The van der Waals surface area contributed by atoms with E-state index in [1.165, 1.54) is 27.9 Å². The summed E-state index contributed by atoms with van der Waals surface area (Å²) in [6.45, 7) is 2.99. The molecule has 2 fully saturated rings. The summed E-state index contributed by atoms with van der Waals surface area (Å²) in [6.07, 6.45) is 11.7. The third-order valence-corrected chi connectivity index (χ3v) is 13.5. The van der Waals surface area contributed by atoms with E-state index in [4.69, 9.17) is 0 Å². The predicted octanol–water partition coefficient (Wildman–Crippen LogP) is 6.49. The second-order valence-corrected chi connectivity index (χ2v) is 16.7. The van der Waals surface area contributed by atoms with Crippen molar-refractivity contribution in [3.8, 4) is 22.5 Å². The number of nitrogens with one attached hydrogen (secondary N) is 1. The molecule has 0 amide bonds. The van der Waals surface area contributed by atoms with E-state index in [2.05, 4.69) is 60.8 Å². The van der Waals surface area contributed by atoms with Crippen LogP contribution in [0.3, 0.4) is 0 Å². The average Bonchev–Trinajstić information content (AvgIpc) is 3.97. The molecule has 10 nitrogen and oxygen atoms in total. The smallest absolute Gasteiger partial charge is 0.218 e. The van der Waals surface area contributed by atoms with Gasteiger partial charge in [-0.15, -0.1) is 24.8 Å². The minimum absolute atomic E-state index is 0. The fourth-order valence-electron chi connectivity index (χ4n) is 8.83. The molecule has 0 bridgehead atoms. The third kappa shape index (κ3) is 8.18. The summed E-state index contributed by atoms with van der Waals surface area (Å²) in [5.41, 5.74) is 8.06. The predicted molar refractivity (Wildman–Crippen MR) is 216 cm³/mol. The first-order valence-electron chi connectivity index (χ1n) is 18.7. The van der Waals surface area contributed by atoms with Crippen LogP contribution in [0.5, 0.6) is 0 Å². The van der Waals surface area contributed by atoms with Crippen molar-refractivity contribution in [2.75, 3.05) is 26.2 Å². The number of hydrogen-bond donors (Lipinski definition) is 3. The van der Waals surface area contributed by atoms with Crippen LogP contribution in [0.25, 0.3) is 22.5 Å². The van der Waals surface area contributed by atoms with Gasteiger partial charge in [0.25, 0.3) is 0 Å². The monoisotopic (exact) mass is 792 g/mol. The zero-order valence-corrected chi connectivity index (χ0v) is 32.7. The highest BCUT2D eigenvalue weighted by atomic mass is 35.5. The molecule has 2 aromatic heterocycles. The Balaban J connectivity index is 0.000000190. The van der Waals surface area contributed by atoms with Crippen LogP contribution in [0.4, 0.5) is 0 Å². The lowest BCUT2D eigenvalue weighted by Crippen LogP contribution is -2.42. The number of aliphatic hydroxyl groups excluding tert-OH is 2. The number of benzene rings is 3. The summed E-state index contributed by atoms with van der Waals surface area (Å²) < 4.78 is 31.6. The lowest BCUT2D eigenvalue weighted by Gasteiger charge is -2.34. The number of imidazole rings is 2. The molecule has 3 N–H and O–H groups in total. The van der Waals surface area contributed by atoms with Gasteiger partial charge in [-0.2, -0.15) is 0 Å². The molecule has 4 aliphatic rings. The molecule has 9 rings (SSSR count). The van der Waals surface area contributed by atoms with Gasteiger partial charge in [-0.25, -0.2) is 22.7 Å². The molecule has 288 valence electrons. The van der Waals surface area contributed by atoms with E-state index in [1.54, 1.807) is 4.31 Å². The van der Waals surface area contributed by atoms with Crippen molar-refractivity contribution in [3.05, 3.63) is 121 Å². The molecule has 54 heavy (non-hydrogen) atoms. The van der Waals surface area contributed by atoms with E-state index in [0.717, 1.165) is 43.6 Å². The van der Waals surface area contributed by atoms with Crippen molar-refractivity contribution in [2.45, 2.75) is 68.6 Å². The summed E-state index contributed by atoms with van der Waals surface area (Å²) in [7, 11) is -3.34. The Bertz CT molecular complexity index is 2080. The molecule has 3 aromatic carbocycles. The number of sulfonamides is 1. The number of aromatic nitrogens is 4. The van der Waals surface area contributed by atoms with Gasteiger partial charge in [0.05, 0.1) is 66.5 Å². The second-order valence-electron chi connectivity index (χ2n) is 14.8. The van der Waals surface area contributed by atoms with E-state index in [0.29, 0.717) is 38.3 Å². The Labute approximate surface area is 330 Å². The highest BCUT2D eigenvalue weighted by Crippen LogP contribution is 2.43. The molecule has 4 aliphatic heterocycles. The standard InChI is InChI=1S/C24H27N3O3S.C17H21N3O.2ClH/c28-24(14-22-20-8-4-5-9-21(20)23-15-25-17-27(22)23)19-10-12-26(13-11-19)31(29,30)16-18-6-2-1-3-7-18;21-17(12-5-7-18-8-6-12)9-15-13-3-1-2-4-14(13)16-10-19-11-20(15)16;;/h1-9,15,17,19,22,24,28H,10-14,16H2;1-4,10-12,15,17-18,21H,5-9H2;2*1H. The summed E-state index contributed by atoms with van der Waals surface area (Å²) in [5, 5.41) is 25.1. The topological polar surface area (TPSA) is 126 Å². The first-order valence-corrected chi connectivity index (χ1v) is 20.3. The van der Waals surface area contributed by atoms with Crippen LogP contribution in [0, 0.1) is 11.8 Å². The van der Waals surface area contributed by atoms with Gasteiger partial charge in [-0.3, -0.25) is 0 Å². The van der Waals surface area contributed by atoms with Crippen molar-refractivity contribution in [2.24, 2.45) is 11.8 Å². The van der Waals surface area contributed by atoms with E-state index < -0.39 is 16.1 Å². The highest BCUT2D eigenvalue weighted by Gasteiger charge is 2.36. The molecule has 4 atom stereocenters. The van der Waals surface area contributed by atoms with Gasteiger partial charge in [0.2, 0.25) is 10.0 Å². The summed E-state index contributed by atoms with van der Waals surface area (Å²) in [5.74, 6) is 0.553. The van der Waals surface area contributed by atoms with E-state index in [9.17, 15) is 18.6 Å². The minimum Gasteiger partial charge on any atom is -0.393 e. The van der Waals surface area contributed by atoms with E-state index in [-0.39, 0.29) is 54.7 Å². The van der Waals surface area contributed by atoms with Crippen molar-refractivity contribution >= 4 is 34.8 Å². The number of fused-ring (bicyclic) bond motifs is 6. The largest absolute Gasteiger partial charge is 0.393 e. The van der Waals surface area contributed by atoms with Crippen molar-refractivity contribution in [1.82, 2.24) is 28.7 Å². The lowest BCUT2D eigenvalue weighted by molar-refractivity contribution is 0.0614. The molecule has 6 heterocycles. The maximum atomic E-state index is 12.8. The number of halogens is 2. The molecule has 0 aliphatic carbocycles. The fourth-order valence-corrected chi connectivity index (χ4v) is 10.4. The molecule has 4 unspecified atom stereocenters. The van der Waals surface area contributed by atoms with Crippen LogP contribution < -0.4 is 5.32 Å². The SMILES string of the molecule is Cl.Cl.O=S(=O)(Cc1ccccc1)N1CCC(C(O)CC2c3ccccc3-c3cncn32)CC1.OC(CC1c2ccccc2-c2cncn21)C1CCNCC1. The van der Waals surface area contributed by atoms with Gasteiger partial charge < -0.3 is 24.7 Å². The second kappa shape index (κ2) is 17.5. The van der Waals surface area contributed by atoms with Crippen molar-refractivity contribution in [3.63, 3.8) is 0 Å². The van der Waals surface area contributed by atoms with Crippen molar-refractivity contribution in [1.29, 1.82) is 0 Å². The van der Waals surface area contributed by atoms with Crippen LogP contribution in [0.2, 0.25) is 0 Å². The van der Waals surface area contributed by atoms with Crippen LogP contribution >= 0.6 is 24.8 Å². The lowest BCUT2D eigenvalue weighted by atomic mass is 9.87. The van der Waals surface area contributed by atoms with Gasteiger partial charge in [0.15, 0.2) is 0 Å².